The minimum atomic E-state index is -0.911. The average Bonchev–Trinajstić information content (AvgIpc) is 2.66. The molecule has 2 rings (SSSR count). The summed E-state index contributed by atoms with van der Waals surface area (Å²) in [5.74, 6) is 0.296. The first-order valence-electron chi connectivity index (χ1n) is 5.21. The summed E-state index contributed by atoms with van der Waals surface area (Å²) in [7, 11) is 0. The summed E-state index contributed by atoms with van der Waals surface area (Å²) >= 11 is 0. The normalized spacial score (nSPS) is 24.4. The molecule has 5 nitrogen and oxygen atoms in total. The molecule has 1 aromatic heterocycles. The molecule has 1 aromatic rings. The fraction of sp³-hybridized carbons (Fsp3) is 0.455. The number of nitrogens with two attached hydrogens (primary N) is 1. The highest BCUT2D eigenvalue weighted by atomic mass is 16.5. The zero-order valence-electron chi connectivity index (χ0n) is 9.19. The van der Waals surface area contributed by atoms with Gasteiger partial charge in [0, 0.05) is 12.8 Å². The van der Waals surface area contributed by atoms with E-state index in [0.717, 1.165) is 5.56 Å². The van der Waals surface area contributed by atoms with Gasteiger partial charge in [-0.15, -0.1) is 0 Å². The number of aromatic nitrogens is 1. The summed E-state index contributed by atoms with van der Waals surface area (Å²) < 4.78 is 5.14. The summed E-state index contributed by atoms with van der Waals surface area (Å²) in [6, 6.07) is 3.67. The molecule has 1 saturated heterocycles. The Morgan fingerprint density at radius 2 is 2.50 bits per heavy atom. The third-order valence-corrected chi connectivity index (χ3v) is 2.66. The van der Waals surface area contributed by atoms with E-state index >= 15 is 0 Å². The van der Waals surface area contributed by atoms with Gasteiger partial charge in [0.1, 0.15) is 11.4 Å². The van der Waals surface area contributed by atoms with Gasteiger partial charge in [-0.2, -0.15) is 0 Å². The molecule has 1 aliphatic rings. The maximum absolute atomic E-state index is 11.9. The van der Waals surface area contributed by atoms with E-state index < -0.39 is 5.54 Å². The predicted octanol–water partition coefficient (Wildman–Crippen LogP) is 0.446. The van der Waals surface area contributed by atoms with Crippen molar-refractivity contribution < 1.29 is 9.53 Å². The van der Waals surface area contributed by atoms with Gasteiger partial charge < -0.3 is 15.8 Å². The first kappa shape index (κ1) is 11.0. The minimum absolute atomic E-state index is 0.233. The van der Waals surface area contributed by atoms with Gasteiger partial charge in [-0.3, -0.25) is 4.79 Å². The lowest BCUT2D eigenvalue weighted by molar-refractivity contribution is -0.121. The highest BCUT2D eigenvalue weighted by Crippen LogP contribution is 2.17. The maximum atomic E-state index is 11.9. The van der Waals surface area contributed by atoms with Gasteiger partial charge in [-0.25, -0.2) is 4.98 Å². The number of hydrogen-bond donors (Lipinski definition) is 2. The SMILES string of the molecule is Cc1ccnc(NC(=O)C2(N)CCOC2)c1. The molecule has 1 aliphatic heterocycles. The van der Waals surface area contributed by atoms with E-state index in [4.69, 9.17) is 10.5 Å². The van der Waals surface area contributed by atoms with Crippen molar-refractivity contribution in [1.29, 1.82) is 0 Å². The second-order valence-corrected chi connectivity index (χ2v) is 4.13. The van der Waals surface area contributed by atoms with Crippen LogP contribution < -0.4 is 11.1 Å². The van der Waals surface area contributed by atoms with Gasteiger partial charge >= 0.3 is 0 Å². The van der Waals surface area contributed by atoms with Gasteiger partial charge in [0.15, 0.2) is 0 Å². The van der Waals surface area contributed by atoms with Gasteiger partial charge in [-0.1, -0.05) is 0 Å². The van der Waals surface area contributed by atoms with Crippen LogP contribution in [0, 0.1) is 6.92 Å². The highest BCUT2D eigenvalue weighted by Gasteiger charge is 2.38. The van der Waals surface area contributed by atoms with Crippen molar-refractivity contribution in [3.8, 4) is 0 Å². The molecule has 3 N–H and O–H groups in total. The van der Waals surface area contributed by atoms with E-state index in [2.05, 4.69) is 10.3 Å². The summed E-state index contributed by atoms with van der Waals surface area (Å²) in [6.07, 6.45) is 2.20. The van der Waals surface area contributed by atoms with E-state index in [-0.39, 0.29) is 12.5 Å². The number of carbonyl (C=O) groups excluding carboxylic acids is 1. The molecular formula is C11H15N3O2. The summed E-state index contributed by atoms with van der Waals surface area (Å²) in [6.45, 7) is 2.74. The number of pyridine rings is 1. The van der Waals surface area contributed by atoms with Crippen molar-refractivity contribution in [2.45, 2.75) is 18.9 Å². The zero-order chi connectivity index (χ0) is 11.6. The molecule has 0 aromatic carbocycles. The third-order valence-electron chi connectivity index (χ3n) is 2.66. The monoisotopic (exact) mass is 221 g/mol. The van der Waals surface area contributed by atoms with Crippen LogP contribution in [0.5, 0.6) is 0 Å². The Balaban J connectivity index is 2.07. The van der Waals surface area contributed by atoms with Crippen LogP contribution in [0.4, 0.5) is 5.82 Å². The number of anilines is 1. The van der Waals surface area contributed by atoms with E-state index in [1.807, 2.05) is 13.0 Å². The van der Waals surface area contributed by atoms with Crippen LogP contribution in [0.25, 0.3) is 0 Å². The average molecular weight is 221 g/mol. The minimum Gasteiger partial charge on any atom is -0.379 e. The first-order chi connectivity index (χ1) is 7.60. The van der Waals surface area contributed by atoms with Crippen LogP contribution in [0.3, 0.4) is 0 Å². The highest BCUT2D eigenvalue weighted by molar-refractivity contribution is 5.97. The molecule has 86 valence electrons. The standard InChI is InChI=1S/C11H15N3O2/c1-8-2-4-13-9(6-8)14-10(15)11(12)3-5-16-7-11/h2,4,6H,3,5,7,12H2,1H3,(H,13,14,15). The molecule has 2 heterocycles. The van der Waals surface area contributed by atoms with Crippen LogP contribution >= 0.6 is 0 Å². The quantitative estimate of drug-likeness (QED) is 0.760. The number of hydrogen-bond acceptors (Lipinski definition) is 4. The molecule has 0 saturated carbocycles. The maximum Gasteiger partial charge on any atom is 0.248 e. The number of aryl methyl sites for hydroxylation is 1. The Bertz CT molecular complexity index is 400. The van der Waals surface area contributed by atoms with E-state index in [9.17, 15) is 4.79 Å². The Morgan fingerprint density at radius 1 is 1.69 bits per heavy atom. The number of nitrogens with zero attached hydrogens (tertiary/aromatic N) is 1. The summed E-state index contributed by atoms with van der Waals surface area (Å²) in [4.78, 5) is 15.9. The molecular weight excluding hydrogens is 206 g/mol. The van der Waals surface area contributed by atoms with E-state index in [0.29, 0.717) is 18.8 Å². The third kappa shape index (κ3) is 2.20. The van der Waals surface area contributed by atoms with Gasteiger partial charge in [0.05, 0.1) is 6.61 Å². The molecule has 1 atom stereocenters. The second kappa shape index (κ2) is 4.19. The molecule has 5 heteroatoms. The van der Waals surface area contributed by atoms with Crippen LogP contribution in [-0.2, 0) is 9.53 Å². The molecule has 0 bridgehead atoms. The van der Waals surface area contributed by atoms with E-state index in [1.54, 1.807) is 12.3 Å². The van der Waals surface area contributed by atoms with Crippen molar-refractivity contribution in [1.82, 2.24) is 4.98 Å². The Kier molecular flexibility index (Phi) is 2.89. The predicted molar refractivity (Wildman–Crippen MR) is 60.0 cm³/mol. The van der Waals surface area contributed by atoms with E-state index in [1.165, 1.54) is 0 Å². The fourth-order valence-electron chi connectivity index (χ4n) is 1.61. The van der Waals surface area contributed by atoms with Crippen LogP contribution in [0.15, 0.2) is 18.3 Å². The zero-order valence-corrected chi connectivity index (χ0v) is 9.19. The second-order valence-electron chi connectivity index (χ2n) is 4.13. The molecule has 0 radical (unpaired) electrons. The molecule has 1 unspecified atom stereocenters. The van der Waals surface area contributed by atoms with Crippen molar-refractivity contribution in [3.05, 3.63) is 23.9 Å². The lowest BCUT2D eigenvalue weighted by Gasteiger charge is -2.20. The van der Waals surface area contributed by atoms with Crippen LogP contribution in [0.2, 0.25) is 0 Å². The Hall–Kier alpha value is -1.46. The van der Waals surface area contributed by atoms with Crippen LogP contribution in [0.1, 0.15) is 12.0 Å². The number of rotatable bonds is 2. The fourth-order valence-corrected chi connectivity index (χ4v) is 1.61. The summed E-state index contributed by atoms with van der Waals surface area (Å²) in [5.41, 5.74) is 6.05. The number of ether oxygens (including phenoxy) is 1. The van der Waals surface area contributed by atoms with Gasteiger partial charge in [0.25, 0.3) is 0 Å². The van der Waals surface area contributed by atoms with Crippen molar-refractivity contribution in [3.63, 3.8) is 0 Å². The molecule has 1 amide bonds. The van der Waals surface area contributed by atoms with Gasteiger partial charge in [0.2, 0.25) is 5.91 Å². The lowest BCUT2D eigenvalue weighted by Crippen LogP contribution is -2.51. The first-order valence-corrected chi connectivity index (χ1v) is 5.21. The topological polar surface area (TPSA) is 77.2 Å². The Labute approximate surface area is 94.0 Å². The molecule has 0 spiro atoms. The number of carbonyl (C=O) groups is 1. The van der Waals surface area contributed by atoms with Crippen molar-refractivity contribution in [2.75, 3.05) is 18.5 Å². The summed E-state index contributed by atoms with van der Waals surface area (Å²) in [5, 5.41) is 2.71. The largest absolute Gasteiger partial charge is 0.379 e. The molecule has 16 heavy (non-hydrogen) atoms. The van der Waals surface area contributed by atoms with Crippen molar-refractivity contribution >= 4 is 11.7 Å². The molecule has 0 aliphatic carbocycles. The van der Waals surface area contributed by atoms with Crippen molar-refractivity contribution in [2.24, 2.45) is 5.73 Å². The van der Waals surface area contributed by atoms with Gasteiger partial charge in [-0.05, 0) is 31.0 Å². The lowest BCUT2D eigenvalue weighted by atomic mass is 9.99. The van der Waals surface area contributed by atoms with Crippen LogP contribution in [-0.4, -0.2) is 29.6 Å². The number of nitrogens with one attached hydrogen (secondary N) is 1. The molecule has 1 fully saturated rings. The smallest absolute Gasteiger partial charge is 0.248 e. The number of amides is 1. The Morgan fingerprint density at radius 3 is 3.12 bits per heavy atom.